The first kappa shape index (κ1) is 17.7. The molecule has 1 saturated carbocycles. The van der Waals surface area contributed by atoms with Crippen LogP contribution in [0.4, 0.5) is 0 Å². The molecule has 0 spiro atoms. The third kappa shape index (κ3) is 4.22. The molecule has 0 amide bonds. The molecule has 1 aliphatic rings. The lowest BCUT2D eigenvalue weighted by Crippen LogP contribution is -2.35. The van der Waals surface area contributed by atoms with Gasteiger partial charge in [0, 0.05) is 18.3 Å². The summed E-state index contributed by atoms with van der Waals surface area (Å²) in [6.07, 6.45) is 2.35. The summed E-state index contributed by atoms with van der Waals surface area (Å²) in [5.74, 6) is 0.220. The Morgan fingerprint density at radius 1 is 1.30 bits per heavy atom. The van der Waals surface area contributed by atoms with Crippen molar-refractivity contribution in [3.63, 3.8) is 0 Å². The summed E-state index contributed by atoms with van der Waals surface area (Å²) in [7, 11) is 0. The number of esters is 1. The van der Waals surface area contributed by atoms with E-state index in [1.807, 2.05) is 13.8 Å². The van der Waals surface area contributed by atoms with Crippen LogP contribution in [0.15, 0.2) is 0 Å². The molecule has 1 aliphatic carbocycles. The third-order valence-electron chi connectivity index (χ3n) is 4.21. The number of aromatic amines is 1. The van der Waals surface area contributed by atoms with Gasteiger partial charge in [0.05, 0.1) is 24.4 Å². The van der Waals surface area contributed by atoms with Gasteiger partial charge in [0.2, 0.25) is 0 Å². The van der Waals surface area contributed by atoms with Crippen molar-refractivity contribution in [2.45, 2.75) is 53.5 Å². The van der Waals surface area contributed by atoms with Gasteiger partial charge in [-0.15, -0.1) is 0 Å². The Morgan fingerprint density at radius 2 is 1.96 bits per heavy atom. The maximum Gasteiger partial charge on any atom is 0.340 e. The number of aryl methyl sites for hydroxylation is 1. The van der Waals surface area contributed by atoms with Crippen LogP contribution in [0, 0.1) is 19.8 Å². The minimum absolute atomic E-state index is 0.0497. The van der Waals surface area contributed by atoms with Crippen molar-refractivity contribution in [2.75, 3.05) is 19.7 Å². The number of rotatable bonds is 8. The maximum atomic E-state index is 12.7. The van der Waals surface area contributed by atoms with Crippen LogP contribution >= 0.6 is 0 Å². The zero-order chi connectivity index (χ0) is 17.1. The smallest absolute Gasteiger partial charge is 0.340 e. The molecule has 5 heteroatoms. The van der Waals surface area contributed by atoms with Crippen molar-refractivity contribution < 1.29 is 14.3 Å². The molecule has 23 heavy (non-hydrogen) atoms. The fourth-order valence-electron chi connectivity index (χ4n) is 3.05. The molecule has 1 aromatic rings. The van der Waals surface area contributed by atoms with Gasteiger partial charge in [0.15, 0.2) is 5.78 Å². The molecule has 0 atom stereocenters. The number of Topliss-reactive ketones (excluding diaryl/α,β-unsaturated/α-hetero) is 1. The summed E-state index contributed by atoms with van der Waals surface area (Å²) in [5, 5.41) is 0. The highest BCUT2D eigenvalue weighted by Crippen LogP contribution is 2.28. The first-order valence-electron chi connectivity index (χ1n) is 8.48. The predicted molar refractivity (Wildman–Crippen MR) is 90.0 cm³/mol. The minimum Gasteiger partial charge on any atom is -0.462 e. The van der Waals surface area contributed by atoms with Gasteiger partial charge in [-0.05, 0) is 45.1 Å². The average Bonchev–Trinajstić information content (AvgIpc) is 3.24. The Balaban J connectivity index is 2.16. The Labute approximate surface area is 138 Å². The first-order valence-corrected chi connectivity index (χ1v) is 8.48. The van der Waals surface area contributed by atoms with Crippen LogP contribution in [0.25, 0.3) is 0 Å². The number of ketones is 1. The van der Waals surface area contributed by atoms with Crippen molar-refractivity contribution >= 4 is 11.8 Å². The summed E-state index contributed by atoms with van der Waals surface area (Å²) >= 11 is 0. The van der Waals surface area contributed by atoms with E-state index >= 15 is 0 Å². The highest BCUT2D eigenvalue weighted by atomic mass is 16.5. The Hall–Kier alpha value is -1.62. The molecule has 0 unspecified atom stereocenters. The number of hydrogen-bond acceptors (Lipinski definition) is 4. The normalized spacial score (nSPS) is 14.6. The second-order valence-electron chi connectivity index (χ2n) is 6.82. The SMILES string of the molecule is CCOC(=O)c1c(C)[nH]c(C(=O)CN(CC(C)C)C2CC2)c1C. The van der Waals surface area contributed by atoms with E-state index in [1.54, 1.807) is 6.92 Å². The zero-order valence-corrected chi connectivity index (χ0v) is 14.9. The lowest BCUT2D eigenvalue weighted by atomic mass is 10.1. The molecular weight excluding hydrogens is 292 g/mol. The number of hydrogen-bond donors (Lipinski definition) is 1. The van der Waals surface area contributed by atoms with E-state index in [0.717, 1.165) is 6.54 Å². The number of carbonyl (C=O) groups is 2. The van der Waals surface area contributed by atoms with Crippen molar-refractivity contribution in [1.29, 1.82) is 0 Å². The van der Waals surface area contributed by atoms with Gasteiger partial charge in [-0.2, -0.15) is 0 Å². The van der Waals surface area contributed by atoms with Crippen LogP contribution in [-0.4, -0.2) is 47.4 Å². The van der Waals surface area contributed by atoms with Gasteiger partial charge < -0.3 is 9.72 Å². The van der Waals surface area contributed by atoms with E-state index in [-0.39, 0.29) is 11.8 Å². The molecule has 0 aliphatic heterocycles. The predicted octanol–water partition coefficient (Wildman–Crippen LogP) is 3.11. The monoisotopic (exact) mass is 320 g/mol. The van der Waals surface area contributed by atoms with Gasteiger partial charge in [0.25, 0.3) is 0 Å². The fraction of sp³-hybridized carbons (Fsp3) is 0.667. The van der Waals surface area contributed by atoms with Gasteiger partial charge >= 0.3 is 5.97 Å². The highest BCUT2D eigenvalue weighted by molar-refractivity contribution is 6.02. The molecule has 1 heterocycles. The van der Waals surface area contributed by atoms with Crippen LogP contribution in [0.1, 0.15) is 65.7 Å². The average molecular weight is 320 g/mol. The zero-order valence-electron chi connectivity index (χ0n) is 14.9. The molecule has 128 valence electrons. The summed E-state index contributed by atoms with van der Waals surface area (Å²) < 4.78 is 5.08. The van der Waals surface area contributed by atoms with E-state index in [4.69, 9.17) is 4.74 Å². The van der Waals surface area contributed by atoms with E-state index in [0.29, 0.717) is 47.6 Å². The number of carbonyl (C=O) groups excluding carboxylic acids is 2. The van der Waals surface area contributed by atoms with Crippen molar-refractivity contribution in [2.24, 2.45) is 5.92 Å². The number of nitrogens with one attached hydrogen (secondary N) is 1. The van der Waals surface area contributed by atoms with Crippen LogP contribution in [0.2, 0.25) is 0 Å². The lowest BCUT2D eigenvalue weighted by molar-refractivity contribution is 0.0525. The second kappa shape index (κ2) is 7.30. The van der Waals surface area contributed by atoms with Crippen LogP contribution < -0.4 is 0 Å². The van der Waals surface area contributed by atoms with Gasteiger partial charge in [-0.1, -0.05) is 13.8 Å². The molecule has 0 saturated heterocycles. The molecule has 0 radical (unpaired) electrons. The summed E-state index contributed by atoms with van der Waals surface area (Å²) in [4.78, 5) is 30.1. The largest absolute Gasteiger partial charge is 0.462 e. The summed E-state index contributed by atoms with van der Waals surface area (Å²) in [6.45, 7) is 11.4. The number of ether oxygens (including phenoxy) is 1. The minimum atomic E-state index is -0.362. The molecular formula is C18H28N2O3. The molecule has 1 N–H and O–H groups in total. The molecule has 0 aromatic carbocycles. The molecule has 2 rings (SSSR count). The van der Waals surface area contributed by atoms with Gasteiger partial charge in [0.1, 0.15) is 0 Å². The Bertz CT molecular complexity index is 585. The Morgan fingerprint density at radius 3 is 2.48 bits per heavy atom. The molecule has 0 bridgehead atoms. The Kier molecular flexibility index (Phi) is 5.63. The van der Waals surface area contributed by atoms with Crippen molar-refractivity contribution in [1.82, 2.24) is 9.88 Å². The standard InChI is InChI=1S/C18H28N2O3/c1-6-23-18(22)16-12(4)17(19-13(16)5)15(21)10-20(9-11(2)3)14-7-8-14/h11,14,19H,6-10H2,1-5H3. The fourth-order valence-corrected chi connectivity index (χ4v) is 3.05. The molecule has 5 nitrogen and oxygen atoms in total. The van der Waals surface area contributed by atoms with Crippen LogP contribution in [0.5, 0.6) is 0 Å². The summed E-state index contributed by atoms with van der Waals surface area (Å²) in [5.41, 5.74) is 2.44. The number of nitrogens with zero attached hydrogens (tertiary/aromatic N) is 1. The van der Waals surface area contributed by atoms with Gasteiger partial charge in [-0.3, -0.25) is 9.69 Å². The van der Waals surface area contributed by atoms with E-state index in [1.165, 1.54) is 12.8 Å². The van der Waals surface area contributed by atoms with Gasteiger partial charge in [-0.25, -0.2) is 4.79 Å². The molecule has 1 aromatic heterocycles. The maximum absolute atomic E-state index is 12.7. The first-order chi connectivity index (χ1) is 10.8. The lowest BCUT2D eigenvalue weighted by Gasteiger charge is -2.23. The van der Waals surface area contributed by atoms with Crippen LogP contribution in [-0.2, 0) is 4.74 Å². The van der Waals surface area contributed by atoms with Crippen molar-refractivity contribution in [3.05, 3.63) is 22.5 Å². The number of H-pyrrole nitrogens is 1. The highest BCUT2D eigenvalue weighted by Gasteiger charge is 2.32. The van der Waals surface area contributed by atoms with E-state index in [2.05, 4.69) is 23.7 Å². The third-order valence-corrected chi connectivity index (χ3v) is 4.21. The quantitative estimate of drug-likeness (QED) is 0.590. The van der Waals surface area contributed by atoms with E-state index < -0.39 is 0 Å². The van der Waals surface area contributed by atoms with Crippen LogP contribution in [0.3, 0.4) is 0 Å². The van der Waals surface area contributed by atoms with E-state index in [9.17, 15) is 9.59 Å². The topological polar surface area (TPSA) is 62.4 Å². The number of aromatic nitrogens is 1. The summed E-state index contributed by atoms with van der Waals surface area (Å²) in [6, 6.07) is 0.544. The van der Waals surface area contributed by atoms with Crippen molar-refractivity contribution in [3.8, 4) is 0 Å². The second-order valence-corrected chi connectivity index (χ2v) is 6.82. The molecule has 1 fully saturated rings.